The lowest BCUT2D eigenvalue weighted by Gasteiger charge is -2.28. The molecule has 0 unspecified atom stereocenters. The predicted octanol–water partition coefficient (Wildman–Crippen LogP) is 5.50. The van der Waals surface area contributed by atoms with Crippen molar-refractivity contribution < 1.29 is 4.74 Å². The van der Waals surface area contributed by atoms with Gasteiger partial charge in [-0.05, 0) is 18.6 Å². The highest BCUT2D eigenvalue weighted by Gasteiger charge is 2.25. The topological polar surface area (TPSA) is 9.23 Å². The first kappa shape index (κ1) is 12.3. The van der Waals surface area contributed by atoms with E-state index in [0.717, 1.165) is 11.5 Å². The molecule has 0 atom stereocenters. The van der Waals surface area contributed by atoms with Crippen LogP contribution in [0.5, 0.6) is 11.5 Å². The normalized spacial score (nSPS) is 13.5. The number of rotatable bonds is 4. The molecule has 1 nitrogen and oxygen atoms in total. The monoisotopic (exact) mass is 252 g/mol. The van der Waals surface area contributed by atoms with E-state index in [0.29, 0.717) is 5.92 Å². The number of benzene rings is 2. The second-order valence-corrected chi connectivity index (χ2v) is 5.23. The Morgan fingerprint density at radius 3 is 2.00 bits per heavy atom. The Balaban J connectivity index is 1.96. The average molecular weight is 252 g/mol. The largest absolute Gasteiger partial charge is 0.457 e. The van der Waals surface area contributed by atoms with E-state index in [1.807, 2.05) is 0 Å². The molecule has 0 bridgehead atoms. The van der Waals surface area contributed by atoms with E-state index >= 15 is 0 Å². The van der Waals surface area contributed by atoms with Gasteiger partial charge in [-0.25, -0.2) is 0 Å². The minimum atomic E-state index is 0.493. The van der Waals surface area contributed by atoms with Crippen molar-refractivity contribution in [2.75, 3.05) is 0 Å². The summed E-state index contributed by atoms with van der Waals surface area (Å²) in [4.78, 5) is 0. The maximum absolute atomic E-state index is 6.01. The summed E-state index contributed by atoms with van der Waals surface area (Å²) in [5.74, 6) is 2.55. The molecule has 0 aromatic heterocycles. The molecule has 0 aliphatic carbocycles. The first-order valence-electron chi connectivity index (χ1n) is 7.26. The molecule has 2 aromatic rings. The van der Waals surface area contributed by atoms with Gasteiger partial charge < -0.3 is 4.74 Å². The molecular weight excluding hydrogens is 232 g/mol. The zero-order chi connectivity index (χ0) is 13.1. The highest BCUT2D eigenvalue weighted by atomic mass is 16.5. The summed E-state index contributed by atoms with van der Waals surface area (Å²) in [6.45, 7) is 2.26. The van der Waals surface area contributed by atoms with Gasteiger partial charge in [0.2, 0.25) is 0 Å². The fourth-order valence-electron chi connectivity index (χ4n) is 2.92. The van der Waals surface area contributed by atoms with Crippen molar-refractivity contribution in [2.45, 2.75) is 38.5 Å². The van der Waals surface area contributed by atoms with E-state index in [1.54, 1.807) is 0 Å². The zero-order valence-corrected chi connectivity index (χ0v) is 11.4. The number of ether oxygens (including phenoxy) is 1. The second-order valence-electron chi connectivity index (χ2n) is 5.23. The molecule has 3 rings (SSSR count). The lowest BCUT2D eigenvalue weighted by atomic mass is 9.84. The van der Waals surface area contributed by atoms with Crippen molar-refractivity contribution in [2.24, 2.45) is 0 Å². The van der Waals surface area contributed by atoms with Crippen LogP contribution in [0.3, 0.4) is 0 Å². The summed E-state index contributed by atoms with van der Waals surface area (Å²) in [5.41, 5.74) is 2.69. The molecule has 19 heavy (non-hydrogen) atoms. The van der Waals surface area contributed by atoms with Crippen LogP contribution in [0.25, 0.3) is 0 Å². The van der Waals surface area contributed by atoms with Gasteiger partial charge >= 0.3 is 0 Å². The standard InChI is InChI=1S/C18H20O/c1-2-3-4-9-14-15-10-5-7-12-17(15)19-18-13-8-6-11-16(14)18/h5-8,10-14H,2-4,9H2,1H3. The predicted molar refractivity (Wildman–Crippen MR) is 78.9 cm³/mol. The quantitative estimate of drug-likeness (QED) is 0.652. The molecule has 0 amide bonds. The van der Waals surface area contributed by atoms with Gasteiger partial charge in [-0.15, -0.1) is 0 Å². The first-order valence-corrected chi connectivity index (χ1v) is 7.26. The number of para-hydroxylation sites is 2. The van der Waals surface area contributed by atoms with Crippen LogP contribution in [-0.4, -0.2) is 0 Å². The van der Waals surface area contributed by atoms with E-state index in [1.165, 1.54) is 36.8 Å². The number of fused-ring (bicyclic) bond motifs is 2. The van der Waals surface area contributed by atoms with Crippen molar-refractivity contribution in [1.82, 2.24) is 0 Å². The van der Waals surface area contributed by atoms with E-state index in [2.05, 4.69) is 55.5 Å². The van der Waals surface area contributed by atoms with Gasteiger partial charge in [0.05, 0.1) is 0 Å². The Kier molecular flexibility index (Phi) is 3.54. The van der Waals surface area contributed by atoms with E-state index in [-0.39, 0.29) is 0 Å². The Morgan fingerprint density at radius 1 is 0.842 bits per heavy atom. The van der Waals surface area contributed by atoms with Crippen LogP contribution in [0.1, 0.15) is 49.7 Å². The summed E-state index contributed by atoms with van der Waals surface area (Å²) in [6, 6.07) is 16.9. The van der Waals surface area contributed by atoms with Crippen LogP contribution in [-0.2, 0) is 0 Å². The van der Waals surface area contributed by atoms with Crippen molar-refractivity contribution in [3.63, 3.8) is 0 Å². The number of unbranched alkanes of at least 4 members (excludes halogenated alkanes) is 2. The zero-order valence-electron chi connectivity index (χ0n) is 11.4. The highest BCUT2D eigenvalue weighted by Crippen LogP contribution is 2.45. The molecule has 1 heterocycles. The third-order valence-electron chi connectivity index (χ3n) is 3.91. The molecule has 0 saturated carbocycles. The van der Waals surface area contributed by atoms with Gasteiger partial charge in [-0.1, -0.05) is 62.6 Å². The highest BCUT2D eigenvalue weighted by molar-refractivity contribution is 5.53. The summed E-state index contributed by atoms with van der Waals surface area (Å²) >= 11 is 0. The maximum atomic E-state index is 6.01. The van der Waals surface area contributed by atoms with Crippen molar-refractivity contribution in [1.29, 1.82) is 0 Å². The molecule has 1 aliphatic rings. The van der Waals surface area contributed by atoms with Crippen molar-refractivity contribution in [3.8, 4) is 11.5 Å². The van der Waals surface area contributed by atoms with E-state index < -0.39 is 0 Å². The fraction of sp³-hybridized carbons (Fsp3) is 0.333. The number of hydrogen-bond donors (Lipinski definition) is 0. The first-order chi connectivity index (χ1) is 9.40. The van der Waals surface area contributed by atoms with Crippen LogP contribution in [0, 0.1) is 0 Å². The van der Waals surface area contributed by atoms with Gasteiger partial charge in [0.1, 0.15) is 11.5 Å². The Labute approximate surface area is 115 Å². The Hall–Kier alpha value is -1.76. The third-order valence-corrected chi connectivity index (χ3v) is 3.91. The minimum Gasteiger partial charge on any atom is -0.457 e. The van der Waals surface area contributed by atoms with E-state index in [9.17, 15) is 0 Å². The molecule has 98 valence electrons. The minimum absolute atomic E-state index is 0.493. The molecule has 1 heteroatoms. The molecule has 1 aliphatic heterocycles. The lowest BCUT2D eigenvalue weighted by molar-refractivity contribution is 0.437. The SMILES string of the molecule is CCCCCC1c2ccccc2Oc2ccccc21. The number of hydrogen-bond acceptors (Lipinski definition) is 1. The van der Waals surface area contributed by atoms with Crippen molar-refractivity contribution in [3.05, 3.63) is 59.7 Å². The van der Waals surface area contributed by atoms with Crippen LogP contribution < -0.4 is 4.74 Å². The fourth-order valence-corrected chi connectivity index (χ4v) is 2.92. The summed E-state index contributed by atoms with van der Waals surface area (Å²) < 4.78 is 6.01. The van der Waals surface area contributed by atoms with E-state index in [4.69, 9.17) is 4.74 Å². The Morgan fingerprint density at radius 2 is 1.42 bits per heavy atom. The average Bonchev–Trinajstić information content (AvgIpc) is 2.46. The molecular formula is C18H20O. The van der Waals surface area contributed by atoms with Gasteiger partial charge in [-0.3, -0.25) is 0 Å². The van der Waals surface area contributed by atoms with Crippen LogP contribution in [0.15, 0.2) is 48.5 Å². The van der Waals surface area contributed by atoms with Gasteiger partial charge in [-0.2, -0.15) is 0 Å². The van der Waals surface area contributed by atoms with Gasteiger partial charge in [0.25, 0.3) is 0 Å². The summed E-state index contributed by atoms with van der Waals surface area (Å²) in [6.07, 6.45) is 5.07. The van der Waals surface area contributed by atoms with Crippen LogP contribution in [0.2, 0.25) is 0 Å². The summed E-state index contributed by atoms with van der Waals surface area (Å²) in [7, 11) is 0. The third kappa shape index (κ3) is 2.37. The molecule has 0 N–H and O–H groups in total. The molecule has 0 spiro atoms. The summed E-state index contributed by atoms with van der Waals surface area (Å²) in [5, 5.41) is 0. The van der Waals surface area contributed by atoms with Gasteiger partial charge in [0, 0.05) is 17.0 Å². The molecule has 0 saturated heterocycles. The molecule has 2 aromatic carbocycles. The molecule has 0 fully saturated rings. The van der Waals surface area contributed by atoms with Crippen LogP contribution in [0.4, 0.5) is 0 Å². The molecule has 0 radical (unpaired) electrons. The van der Waals surface area contributed by atoms with Crippen molar-refractivity contribution >= 4 is 0 Å². The van der Waals surface area contributed by atoms with Crippen LogP contribution >= 0.6 is 0 Å². The van der Waals surface area contributed by atoms with Gasteiger partial charge in [0.15, 0.2) is 0 Å². The maximum Gasteiger partial charge on any atom is 0.131 e. The smallest absolute Gasteiger partial charge is 0.131 e. The second kappa shape index (κ2) is 5.48. The Bertz CT molecular complexity index is 514. The lowest BCUT2D eigenvalue weighted by Crippen LogP contribution is -2.10.